The number of ether oxygens (including phenoxy) is 3. The van der Waals surface area contributed by atoms with Crippen LogP contribution in [0.2, 0.25) is 0 Å². The molecule has 0 aliphatic rings. The summed E-state index contributed by atoms with van der Waals surface area (Å²) in [5.74, 6) is 0.998. The number of nitrogens with zero attached hydrogens (tertiary/aromatic N) is 2. The van der Waals surface area contributed by atoms with Gasteiger partial charge in [0.15, 0.2) is 11.5 Å². The van der Waals surface area contributed by atoms with Gasteiger partial charge in [-0.15, -0.1) is 0 Å². The number of rotatable bonds is 7. The van der Waals surface area contributed by atoms with Gasteiger partial charge in [0.25, 0.3) is 0 Å². The molecular weight excluding hydrogens is 272 g/mol. The zero-order chi connectivity index (χ0) is 15.1. The van der Waals surface area contributed by atoms with Gasteiger partial charge in [-0.3, -0.25) is 4.68 Å². The summed E-state index contributed by atoms with van der Waals surface area (Å²) in [6, 6.07) is 7.43. The summed E-state index contributed by atoms with van der Waals surface area (Å²) in [4.78, 5) is 11.5. The van der Waals surface area contributed by atoms with E-state index >= 15 is 0 Å². The third kappa shape index (κ3) is 3.98. The van der Waals surface area contributed by atoms with Crippen LogP contribution in [0.3, 0.4) is 0 Å². The molecule has 2 rings (SSSR count). The van der Waals surface area contributed by atoms with Crippen LogP contribution in [0.5, 0.6) is 11.5 Å². The van der Waals surface area contributed by atoms with E-state index in [4.69, 9.17) is 14.2 Å². The Morgan fingerprint density at radius 3 is 2.76 bits per heavy atom. The second kappa shape index (κ2) is 7.33. The van der Waals surface area contributed by atoms with Gasteiger partial charge in [-0.25, -0.2) is 4.79 Å². The molecule has 0 saturated heterocycles. The van der Waals surface area contributed by atoms with Crippen LogP contribution in [0.15, 0.2) is 36.7 Å². The second-order valence-electron chi connectivity index (χ2n) is 4.21. The van der Waals surface area contributed by atoms with E-state index < -0.39 is 0 Å². The molecule has 112 valence electrons. The number of aromatic nitrogens is 2. The smallest absolute Gasteiger partial charge is 0.341 e. The highest BCUT2D eigenvalue weighted by molar-refractivity contribution is 5.88. The monoisotopic (exact) mass is 290 g/mol. The summed E-state index contributed by atoms with van der Waals surface area (Å²) in [6.07, 6.45) is 3.13. The van der Waals surface area contributed by atoms with Gasteiger partial charge in [0.1, 0.15) is 6.61 Å². The summed E-state index contributed by atoms with van der Waals surface area (Å²) < 4.78 is 17.4. The maximum absolute atomic E-state index is 11.5. The first-order valence-electron chi connectivity index (χ1n) is 6.70. The molecule has 0 fully saturated rings. The summed E-state index contributed by atoms with van der Waals surface area (Å²) in [5.41, 5.74) is 0.439. The number of carbonyl (C=O) groups excluding carboxylic acids is 1. The molecular formula is C15H18N2O4. The molecule has 0 N–H and O–H groups in total. The van der Waals surface area contributed by atoms with Crippen LogP contribution in [-0.2, 0) is 11.3 Å². The third-order valence-corrected chi connectivity index (χ3v) is 2.79. The van der Waals surface area contributed by atoms with Crippen molar-refractivity contribution in [3.8, 4) is 11.5 Å². The Kier molecular flexibility index (Phi) is 5.20. The number of hydrogen-bond donors (Lipinski definition) is 0. The lowest BCUT2D eigenvalue weighted by atomic mass is 10.3. The Morgan fingerprint density at radius 1 is 1.29 bits per heavy atom. The molecule has 0 aliphatic carbocycles. The highest BCUT2D eigenvalue weighted by Gasteiger charge is 2.09. The Bertz CT molecular complexity index is 595. The number of esters is 1. The van der Waals surface area contributed by atoms with Crippen LogP contribution < -0.4 is 9.47 Å². The summed E-state index contributed by atoms with van der Waals surface area (Å²) in [5, 5.41) is 4.10. The van der Waals surface area contributed by atoms with Crippen molar-refractivity contribution in [2.75, 3.05) is 20.3 Å². The molecule has 0 aliphatic heterocycles. The van der Waals surface area contributed by atoms with Crippen molar-refractivity contribution < 1.29 is 19.0 Å². The average Bonchev–Trinajstić information content (AvgIpc) is 2.97. The van der Waals surface area contributed by atoms with Gasteiger partial charge in [0.2, 0.25) is 0 Å². The summed E-state index contributed by atoms with van der Waals surface area (Å²) in [6.45, 7) is 3.06. The Hall–Kier alpha value is -2.50. The molecule has 1 heterocycles. The van der Waals surface area contributed by atoms with E-state index in [1.807, 2.05) is 24.3 Å². The quantitative estimate of drug-likeness (QED) is 0.731. The fraction of sp³-hybridized carbons (Fsp3) is 0.333. The van der Waals surface area contributed by atoms with E-state index in [2.05, 4.69) is 5.10 Å². The highest BCUT2D eigenvalue weighted by atomic mass is 16.5. The van der Waals surface area contributed by atoms with Crippen LogP contribution in [-0.4, -0.2) is 36.1 Å². The molecule has 6 nitrogen and oxygen atoms in total. The molecule has 1 aromatic carbocycles. The fourth-order valence-corrected chi connectivity index (χ4v) is 1.79. The molecule has 2 aromatic rings. The maximum Gasteiger partial charge on any atom is 0.341 e. The number of hydrogen-bond acceptors (Lipinski definition) is 5. The van der Waals surface area contributed by atoms with Crippen molar-refractivity contribution in [3.63, 3.8) is 0 Å². The largest absolute Gasteiger partial charge is 0.493 e. The number of para-hydroxylation sites is 2. The van der Waals surface area contributed by atoms with Crippen molar-refractivity contribution in [2.24, 2.45) is 0 Å². The molecule has 1 aromatic heterocycles. The van der Waals surface area contributed by atoms with Gasteiger partial charge < -0.3 is 14.2 Å². The molecule has 0 saturated carbocycles. The van der Waals surface area contributed by atoms with E-state index in [0.717, 1.165) is 0 Å². The van der Waals surface area contributed by atoms with Gasteiger partial charge in [0, 0.05) is 6.20 Å². The van der Waals surface area contributed by atoms with Crippen molar-refractivity contribution in [1.29, 1.82) is 0 Å². The first kappa shape index (κ1) is 14.9. The average molecular weight is 290 g/mol. The lowest BCUT2D eigenvalue weighted by molar-refractivity contribution is 0.0526. The first-order valence-corrected chi connectivity index (χ1v) is 6.70. The predicted octanol–water partition coefficient (Wildman–Crippen LogP) is 2.15. The Labute approximate surface area is 123 Å². The zero-order valence-electron chi connectivity index (χ0n) is 12.1. The topological polar surface area (TPSA) is 62.6 Å². The van der Waals surface area contributed by atoms with Gasteiger partial charge in [-0.05, 0) is 19.1 Å². The molecule has 6 heteroatoms. The molecule has 0 radical (unpaired) electrons. The number of carbonyl (C=O) groups is 1. The third-order valence-electron chi connectivity index (χ3n) is 2.79. The maximum atomic E-state index is 11.5. The van der Waals surface area contributed by atoms with Crippen LogP contribution in [0.1, 0.15) is 17.3 Å². The lowest BCUT2D eigenvalue weighted by Crippen LogP contribution is -2.09. The van der Waals surface area contributed by atoms with E-state index in [-0.39, 0.29) is 5.97 Å². The van der Waals surface area contributed by atoms with E-state index in [0.29, 0.717) is 36.8 Å². The van der Waals surface area contributed by atoms with Gasteiger partial charge >= 0.3 is 5.97 Å². The molecule has 0 amide bonds. The SMILES string of the molecule is CCOC(=O)c1cnn(CCOc2ccccc2OC)c1. The normalized spacial score (nSPS) is 10.2. The minimum atomic E-state index is -0.366. The molecule has 0 bridgehead atoms. The van der Waals surface area contributed by atoms with Crippen molar-refractivity contribution in [3.05, 3.63) is 42.2 Å². The van der Waals surface area contributed by atoms with Crippen LogP contribution >= 0.6 is 0 Å². The highest BCUT2D eigenvalue weighted by Crippen LogP contribution is 2.25. The van der Waals surface area contributed by atoms with Crippen molar-refractivity contribution in [2.45, 2.75) is 13.5 Å². The number of benzene rings is 1. The fourth-order valence-electron chi connectivity index (χ4n) is 1.79. The Morgan fingerprint density at radius 2 is 2.05 bits per heavy atom. The minimum absolute atomic E-state index is 0.348. The van der Waals surface area contributed by atoms with Gasteiger partial charge in [-0.1, -0.05) is 12.1 Å². The zero-order valence-corrected chi connectivity index (χ0v) is 12.1. The predicted molar refractivity (Wildman–Crippen MR) is 76.7 cm³/mol. The minimum Gasteiger partial charge on any atom is -0.493 e. The first-order chi connectivity index (χ1) is 10.2. The summed E-state index contributed by atoms with van der Waals surface area (Å²) in [7, 11) is 1.60. The van der Waals surface area contributed by atoms with E-state index in [1.165, 1.54) is 6.20 Å². The molecule has 0 spiro atoms. The van der Waals surface area contributed by atoms with Crippen molar-refractivity contribution >= 4 is 5.97 Å². The standard InChI is InChI=1S/C15H18N2O4/c1-3-20-15(18)12-10-16-17(11-12)8-9-21-14-7-5-4-6-13(14)19-2/h4-7,10-11H,3,8-9H2,1-2H3. The van der Waals surface area contributed by atoms with E-state index in [1.54, 1.807) is 24.9 Å². The van der Waals surface area contributed by atoms with Crippen molar-refractivity contribution in [1.82, 2.24) is 9.78 Å². The second-order valence-corrected chi connectivity index (χ2v) is 4.21. The van der Waals surface area contributed by atoms with E-state index in [9.17, 15) is 4.79 Å². The van der Waals surface area contributed by atoms with Gasteiger partial charge in [0.05, 0.1) is 32.0 Å². The molecule has 0 unspecified atom stereocenters. The molecule has 0 atom stereocenters. The van der Waals surface area contributed by atoms with Gasteiger partial charge in [-0.2, -0.15) is 5.10 Å². The van der Waals surface area contributed by atoms with Crippen LogP contribution in [0, 0.1) is 0 Å². The van der Waals surface area contributed by atoms with Crippen LogP contribution in [0.4, 0.5) is 0 Å². The number of methoxy groups -OCH3 is 1. The lowest BCUT2D eigenvalue weighted by Gasteiger charge is -2.10. The molecule has 21 heavy (non-hydrogen) atoms. The van der Waals surface area contributed by atoms with Crippen LogP contribution in [0.25, 0.3) is 0 Å². The Balaban J connectivity index is 1.87. The summed E-state index contributed by atoms with van der Waals surface area (Å²) >= 11 is 0.